The van der Waals surface area contributed by atoms with Crippen molar-refractivity contribution in [2.24, 2.45) is 0 Å². The first kappa shape index (κ1) is 12.7. The highest BCUT2D eigenvalue weighted by molar-refractivity contribution is 5.98. The summed E-state index contributed by atoms with van der Waals surface area (Å²) in [6.45, 7) is 0.187. The minimum Gasteiger partial charge on any atom is -0.497 e. The Hall–Kier alpha value is -2.30. The van der Waals surface area contributed by atoms with Gasteiger partial charge in [0.05, 0.1) is 7.11 Å². The zero-order chi connectivity index (χ0) is 14.1. The summed E-state index contributed by atoms with van der Waals surface area (Å²) in [5.74, 6) is 0.323. The molecule has 104 valence electrons. The van der Waals surface area contributed by atoms with Crippen molar-refractivity contribution < 1.29 is 19.1 Å². The van der Waals surface area contributed by atoms with Gasteiger partial charge in [-0.25, -0.2) is 4.79 Å². The Labute approximate surface area is 116 Å². The number of benzene rings is 1. The van der Waals surface area contributed by atoms with Crippen molar-refractivity contribution in [3.8, 4) is 5.75 Å². The lowest BCUT2D eigenvalue weighted by atomic mass is 10.0. The second-order valence-corrected chi connectivity index (χ2v) is 4.87. The highest BCUT2D eigenvalue weighted by Gasteiger charge is 2.44. The van der Waals surface area contributed by atoms with Crippen molar-refractivity contribution in [3.05, 3.63) is 41.6 Å². The summed E-state index contributed by atoms with van der Waals surface area (Å²) in [5.41, 5.74) is 1.27. The molecule has 1 aromatic rings. The van der Waals surface area contributed by atoms with Crippen LogP contribution in [-0.2, 0) is 20.9 Å². The van der Waals surface area contributed by atoms with Gasteiger partial charge in [0.25, 0.3) is 0 Å². The molecule has 2 aliphatic heterocycles. The Balaban J connectivity index is 1.58. The molecule has 0 bridgehead atoms. The molecule has 1 aromatic carbocycles. The lowest BCUT2D eigenvalue weighted by molar-refractivity contribution is -0.150. The number of carbonyl (C=O) groups excluding carboxylic acids is 2. The van der Waals surface area contributed by atoms with E-state index in [1.54, 1.807) is 13.2 Å². The number of fused-ring (bicyclic) bond motifs is 1. The van der Waals surface area contributed by atoms with Crippen LogP contribution in [0.15, 0.2) is 36.0 Å². The molecule has 20 heavy (non-hydrogen) atoms. The molecule has 0 aliphatic carbocycles. The van der Waals surface area contributed by atoms with Gasteiger partial charge in [0.2, 0.25) is 5.91 Å². The van der Waals surface area contributed by atoms with Crippen molar-refractivity contribution in [1.82, 2.24) is 4.90 Å². The number of ether oxygens (including phenoxy) is 2. The second kappa shape index (κ2) is 5.00. The third kappa shape index (κ3) is 2.15. The van der Waals surface area contributed by atoms with Gasteiger partial charge in [-0.2, -0.15) is 0 Å². The molecule has 0 saturated carbocycles. The van der Waals surface area contributed by atoms with Gasteiger partial charge < -0.3 is 14.4 Å². The average Bonchev–Trinajstić information content (AvgIpc) is 2.82. The Morgan fingerprint density at radius 1 is 1.35 bits per heavy atom. The number of carbonyl (C=O) groups is 2. The summed E-state index contributed by atoms with van der Waals surface area (Å²) < 4.78 is 10.3. The highest BCUT2D eigenvalue weighted by atomic mass is 16.5. The van der Waals surface area contributed by atoms with E-state index in [9.17, 15) is 9.59 Å². The van der Waals surface area contributed by atoms with Crippen LogP contribution in [0.4, 0.5) is 0 Å². The van der Waals surface area contributed by atoms with Gasteiger partial charge >= 0.3 is 5.97 Å². The normalized spacial score (nSPS) is 20.1. The van der Waals surface area contributed by atoms with Crippen molar-refractivity contribution in [2.75, 3.05) is 7.11 Å². The molecular formula is C15H15NO4. The first-order valence-electron chi connectivity index (χ1n) is 6.51. The molecule has 0 unspecified atom stereocenters. The first-order valence-corrected chi connectivity index (χ1v) is 6.51. The predicted molar refractivity (Wildman–Crippen MR) is 70.7 cm³/mol. The number of methoxy groups -OCH3 is 1. The summed E-state index contributed by atoms with van der Waals surface area (Å²) in [5, 5.41) is 0. The monoisotopic (exact) mass is 273 g/mol. The molecule has 1 fully saturated rings. The van der Waals surface area contributed by atoms with Crippen LogP contribution >= 0.6 is 0 Å². The van der Waals surface area contributed by atoms with Crippen molar-refractivity contribution in [2.45, 2.75) is 25.5 Å². The number of nitrogens with zero attached hydrogens (tertiary/aromatic N) is 1. The van der Waals surface area contributed by atoms with Crippen molar-refractivity contribution in [3.63, 3.8) is 0 Å². The Bertz CT molecular complexity index is 576. The van der Waals surface area contributed by atoms with Gasteiger partial charge in [0, 0.05) is 12.5 Å². The molecular weight excluding hydrogens is 258 g/mol. The SMILES string of the molecule is COc1ccc(COC(=O)C2=CC[C@@H]3CC(=O)N23)cc1. The van der Waals surface area contributed by atoms with E-state index in [2.05, 4.69) is 0 Å². The quantitative estimate of drug-likeness (QED) is 0.618. The van der Waals surface area contributed by atoms with E-state index in [-0.39, 0.29) is 18.6 Å². The average molecular weight is 273 g/mol. The topological polar surface area (TPSA) is 55.8 Å². The van der Waals surface area contributed by atoms with E-state index < -0.39 is 5.97 Å². The molecule has 5 nitrogen and oxygen atoms in total. The van der Waals surface area contributed by atoms with Crippen LogP contribution in [0.25, 0.3) is 0 Å². The minimum atomic E-state index is -0.434. The van der Waals surface area contributed by atoms with Crippen LogP contribution in [0, 0.1) is 0 Å². The molecule has 0 aromatic heterocycles. The molecule has 2 aliphatic rings. The predicted octanol–water partition coefficient (Wildman–Crippen LogP) is 1.63. The summed E-state index contributed by atoms with van der Waals surface area (Å²) in [7, 11) is 1.60. The molecule has 5 heteroatoms. The number of β-lactam (4-membered cyclic amide) rings is 1. The molecule has 1 saturated heterocycles. The van der Waals surface area contributed by atoms with E-state index in [1.807, 2.05) is 24.3 Å². The van der Waals surface area contributed by atoms with Crippen LogP contribution in [0.2, 0.25) is 0 Å². The summed E-state index contributed by atoms with van der Waals surface area (Å²) in [4.78, 5) is 24.9. The van der Waals surface area contributed by atoms with E-state index in [0.717, 1.165) is 17.7 Å². The summed E-state index contributed by atoms with van der Waals surface area (Å²) in [6, 6.07) is 7.48. The Morgan fingerprint density at radius 2 is 2.10 bits per heavy atom. The fraction of sp³-hybridized carbons (Fsp3) is 0.333. The molecule has 0 N–H and O–H groups in total. The van der Waals surface area contributed by atoms with Crippen LogP contribution in [0.5, 0.6) is 5.75 Å². The third-order valence-electron chi connectivity index (χ3n) is 3.63. The van der Waals surface area contributed by atoms with Crippen molar-refractivity contribution >= 4 is 11.9 Å². The maximum atomic E-state index is 12.0. The molecule has 0 spiro atoms. The smallest absolute Gasteiger partial charge is 0.355 e. The maximum Gasteiger partial charge on any atom is 0.355 e. The largest absolute Gasteiger partial charge is 0.497 e. The van der Waals surface area contributed by atoms with Crippen LogP contribution in [0.1, 0.15) is 18.4 Å². The summed E-state index contributed by atoms with van der Waals surface area (Å²) >= 11 is 0. The van der Waals surface area contributed by atoms with E-state index in [0.29, 0.717) is 12.1 Å². The van der Waals surface area contributed by atoms with Gasteiger partial charge in [-0.15, -0.1) is 0 Å². The van der Waals surface area contributed by atoms with Gasteiger partial charge in [-0.05, 0) is 24.1 Å². The van der Waals surface area contributed by atoms with Crippen LogP contribution in [0.3, 0.4) is 0 Å². The third-order valence-corrected chi connectivity index (χ3v) is 3.63. The Morgan fingerprint density at radius 3 is 2.75 bits per heavy atom. The number of esters is 1. The molecule has 3 rings (SSSR count). The van der Waals surface area contributed by atoms with Crippen LogP contribution < -0.4 is 4.74 Å². The standard InChI is InChI=1S/C15H15NO4/c1-19-12-5-2-10(3-6-12)9-20-15(18)13-7-4-11-8-14(17)16(11)13/h2-3,5-7,11H,4,8-9H2,1H3/t11-/m1/s1. The zero-order valence-corrected chi connectivity index (χ0v) is 11.2. The van der Waals surface area contributed by atoms with E-state index >= 15 is 0 Å². The fourth-order valence-corrected chi connectivity index (χ4v) is 2.47. The number of hydrogen-bond acceptors (Lipinski definition) is 4. The minimum absolute atomic E-state index is 0.000137. The Kier molecular flexibility index (Phi) is 3.18. The maximum absolute atomic E-state index is 12.0. The molecule has 1 atom stereocenters. The lowest BCUT2D eigenvalue weighted by Gasteiger charge is -2.35. The zero-order valence-electron chi connectivity index (χ0n) is 11.2. The first-order chi connectivity index (χ1) is 9.69. The van der Waals surface area contributed by atoms with Crippen LogP contribution in [-0.4, -0.2) is 29.9 Å². The van der Waals surface area contributed by atoms with Gasteiger partial charge in [-0.3, -0.25) is 4.79 Å². The molecule has 1 amide bonds. The highest BCUT2D eigenvalue weighted by Crippen LogP contribution is 2.34. The van der Waals surface area contributed by atoms with E-state index in [1.165, 1.54) is 4.90 Å². The van der Waals surface area contributed by atoms with Gasteiger partial charge in [0.15, 0.2) is 0 Å². The molecule has 0 radical (unpaired) electrons. The van der Waals surface area contributed by atoms with Gasteiger partial charge in [-0.1, -0.05) is 18.2 Å². The number of rotatable bonds is 4. The van der Waals surface area contributed by atoms with Gasteiger partial charge in [0.1, 0.15) is 18.1 Å². The van der Waals surface area contributed by atoms with E-state index in [4.69, 9.17) is 9.47 Å². The van der Waals surface area contributed by atoms with Crippen molar-refractivity contribution in [1.29, 1.82) is 0 Å². The second-order valence-electron chi connectivity index (χ2n) is 4.87. The summed E-state index contributed by atoms with van der Waals surface area (Å²) in [6.07, 6.45) is 3.07. The lowest BCUT2D eigenvalue weighted by Crippen LogP contribution is -2.49. The molecule has 2 heterocycles. The number of hydrogen-bond donors (Lipinski definition) is 0. The fourth-order valence-electron chi connectivity index (χ4n) is 2.47. The number of amides is 1.